The lowest BCUT2D eigenvalue weighted by Crippen LogP contribution is -2.40. The summed E-state index contributed by atoms with van der Waals surface area (Å²) in [6.07, 6.45) is 7.62. The number of hydrogen-bond donors (Lipinski definition) is 1. The standard InChI is InChI=1S/C42H56ClN5O7S/c1-8-11-34-19-32-21-38(52-6)28(4)26(2)22-48-23-31-13-15-33(43)18-29(31)12-9-10-17-54-37-16-14-30(20-36(37)48)40(49)45-56(51,25-27(3)39(32)55-34)46-41(50)35-24-47(5)44-42(35)53-7/h8,13-16,18,20,24,26-28,32,34,38-39H,1,9-12,17,19,21-23,25H2,2-7H3,(H,45,46,49,50,51)/t26-,27+,28+,32+,34-,38-,39+,56?/m0/s1. The zero-order chi connectivity index (χ0) is 40.1. The third kappa shape index (κ3) is 9.61. The number of halogens is 1. The predicted molar refractivity (Wildman–Crippen MR) is 219 cm³/mol. The third-order valence-electron chi connectivity index (χ3n) is 11.6. The molecule has 2 aromatic carbocycles. The number of carbonyl (C=O) groups is 2. The van der Waals surface area contributed by atoms with Gasteiger partial charge in [0, 0.05) is 44.0 Å². The molecule has 2 amide bonds. The third-order valence-corrected chi connectivity index (χ3v) is 13.8. The largest absolute Gasteiger partial charge is 0.491 e. The Morgan fingerprint density at radius 3 is 2.66 bits per heavy atom. The summed E-state index contributed by atoms with van der Waals surface area (Å²) in [4.78, 5) is 30.4. The van der Waals surface area contributed by atoms with Gasteiger partial charge in [-0.3, -0.25) is 19.0 Å². The Kier molecular flexibility index (Phi) is 13.5. The fraction of sp³-hybridized carbons (Fsp3) is 0.548. The van der Waals surface area contributed by atoms with E-state index < -0.39 is 21.7 Å². The summed E-state index contributed by atoms with van der Waals surface area (Å²) in [5.74, 6) is -0.865. The molecule has 14 heteroatoms. The molecule has 3 aromatic rings. The second kappa shape index (κ2) is 18.1. The lowest BCUT2D eigenvalue weighted by atomic mass is 9.80. The van der Waals surface area contributed by atoms with Crippen LogP contribution in [-0.4, -0.2) is 77.2 Å². The molecule has 1 fully saturated rings. The highest BCUT2D eigenvalue weighted by molar-refractivity contribution is 7.92. The summed E-state index contributed by atoms with van der Waals surface area (Å²) in [6.45, 7) is 12.1. The summed E-state index contributed by atoms with van der Waals surface area (Å²) < 4.78 is 48.2. The van der Waals surface area contributed by atoms with Gasteiger partial charge in [-0.25, -0.2) is 4.21 Å². The monoisotopic (exact) mass is 809 g/mol. The van der Waals surface area contributed by atoms with Crippen molar-refractivity contribution in [2.24, 2.45) is 35.1 Å². The lowest BCUT2D eigenvalue weighted by Gasteiger charge is -2.36. The highest BCUT2D eigenvalue weighted by atomic mass is 35.5. The van der Waals surface area contributed by atoms with Crippen molar-refractivity contribution in [2.75, 3.05) is 38.0 Å². The minimum Gasteiger partial charge on any atom is -0.491 e. The number of fused-ring (bicyclic) bond motifs is 3. The number of aryl methyl sites for hydroxylation is 2. The molecule has 3 aliphatic heterocycles. The molecule has 0 radical (unpaired) electrons. The quantitative estimate of drug-likeness (QED) is 0.253. The second-order valence-corrected chi connectivity index (χ2v) is 18.1. The summed E-state index contributed by atoms with van der Waals surface area (Å²) >= 11 is 6.51. The van der Waals surface area contributed by atoms with E-state index >= 15 is 4.21 Å². The van der Waals surface area contributed by atoms with E-state index in [0.717, 1.165) is 36.9 Å². The van der Waals surface area contributed by atoms with Crippen molar-refractivity contribution < 1.29 is 32.7 Å². The fourth-order valence-electron chi connectivity index (χ4n) is 8.50. The van der Waals surface area contributed by atoms with Crippen molar-refractivity contribution in [3.63, 3.8) is 0 Å². The van der Waals surface area contributed by atoms with Crippen LogP contribution >= 0.6 is 11.6 Å². The molecule has 304 valence electrons. The average Bonchev–Trinajstić information content (AvgIpc) is 3.75. The van der Waals surface area contributed by atoms with E-state index in [1.54, 1.807) is 32.4 Å². The van der Waals surface area contributed by atoms with Gasteiger partial charge in [0.25, 0.3) is 11.8 Å². The van der Waals surface area contributed by atoms with Crippen LogP contribution in [0.25, 0.3) is 0 Å². The molecule has 6 rings (SSSR count). The van der Waals surface area contributed by atoms with Gasteiger partial charge in [-0.15, -0.1) is 16.0 Å². The topological polar surface area (TPSA) is 134 Å². The molecular weight excluding hydrogens is 754 g/mol. The van der Waals surface area contributed by atoms with Gasteiger partial charge in [0.2, 0.25) is 5.88 Å². The molecule has 8 atom stereocenters. The van der Waals surface area contributed by atoms with E-state index in [1.807, 2.05) is 25.1 Å². The number of carbonyl (C=O) groups excluding carboxylic acids is 2. The molecule has 56 heavy (non-hydrogen) atoms. The first-order valence-corrected chi connectivity index (χ1v) is 21.6. The van der Waals surface area contributed by atoms with Gasteiger partial charge in [0.1, 0.15) is 21.2 Å². The van der Waals surface area contributed by atoms with Crippen LogP contribution in [0.3, 0.4) is 0 Å². The van der Waals surface area contributed by atoms with Gasteiger partial charge in [-0.1, -0.05) is 44.5 Å². The van der Waals surface area contributed by atoms with Crippen molar-refractivity contribution in [2.45, 2.75) is 84.2 Å². The van der Waals surface area contributed by atoms with Gasteiger partial charge in [0.15, 0.2) is 0 Å². The van der Waals surface area contributed by atoms with E-state index in [-0.39, 0.29) is 64.7 Å². The van der Waals surface area contributed by atoms with Gasteiger partial charge in [-0.2, -0.15) is 0 Å². The molecule has 0 saturated carbocycles. The zero-order valence-corrected chi connectivity index (χ0v) is 34.9. The van der Waals surface area contributed by atoms with Crippen LogP contribution in [0.2, 0.25) is 5.02 Å². The van der Waals surface area contributed by atoms with Gasteiger partial charge < -0.3 is 23.8 Å². The van der Waals surface area contributed by atoms with Crippen LogP contribution in [0.4, 0.5) is 5.69 Å². The van der Waals surface area contributed by atoms with Crippen molar-refractivity contribution in [1.29, 1.82) is 0 Å². The van der Waals surface area contributed by atoms with E-state index in [2.05, 4.69) is 45.6 Å². The van der Waals surface area contributed by atoms with E-state index in [1.165, 1.54) is 23.6 Å². The number of rotatable bonds is 6. The summed E-state index contributed by atoms with van der Waals surface area (Å²) in [5, 5.41) is 4.88. The van der Waals surface area contributed by atoms with Crippen molar-refractivity contribution in [3.05, 3.63) is 82.5 Å². The number of nitrogens with zero attached hydrogens (tertiary/aromatic N) is 4. The minimum atomic E-state index is -3.75. The number of benzene rings is 2. The van der Waals surface area contributed by atoms with Crippen molar-refractivity contribution in [3.8, 4) is 11.6 Å². The van der Waals surface area contributed by atoms with Crippen LogP contribution in [0.15, 0.2) is 59.6 Å². The number of amides is 2. The molecule has 4 heterocycles. The van der Waals surface area contributed by atoms with Crippen LogP contribution in [-0.2, 0) is 39.4 Å². The SMILES string of the molecule is C=CC[C@H]1C[C@@H]2C[C@H](OC)[C@H](C)[C@@H](C)CN3Cc4ccc(Cl)cc4CCCCOc4ccc(cc43)C(=O)N=S(=O)(NC(=O)c3cn(C)nc3OC)C[C@@H](C)[C@H]2O1. The van der Waals surface area contributed by atoms with Crippen molar-refractivity contribution in [1.82, 2.24) is 14.5 Å². The maximum Gasteiger partial charge on any atom is 0.286 e. The lowest BCUT2D eigenvalue weighted by molar-refractivity contribution is -0.0163. The molecule has 3 aliphatic rings. The number of hydrogen-bond acceptors (Lipinski definition) is 9. The Hall–Kier alpha value is -3.91. The first-order chi connectivity index (χ1) is 26.8. The van der Waals surface area contributed by atoms with Crippen LogP contribution in [0, 0.1) is 23.7 Å². The van der Waals surface area contributed by atoms with Gasteiger partial charge >= 0.3 is 0 Å². The molecule has 0 spiro atoms. The first kappa shape index (κ1) is 41.7. The van der Waals surface area contributed by atoms with Crippen molar-refractivity contribution >= 4 is 39.0 Å². The Morgan fingerprint density at radius 2 is 1.91 bits per heavy atom. The number of nitrogens with one attached hydrogen (secondary N) is 1. The maximum atomic E-state index is 15.1. The highest BCUT2D eigenvalue weighted by Gasteiger charge is 2.42. The molecule has 1 saturated heterocycles. The second-order valence-electron chi connectivity index (χ2n) is 15.7. The molecule has 0 aliphatic carbocycles. The Balaban J connectivity index is 1.49. The summed E-state index contributed by atoms with van der Waals surface area (Å²) in [7, 11) is 1.08. The molecule has 1 N–H and O–H groups in total. The van der Waals surface area contributed by atoms with Gasteiger partial charge in [0.05, 0.1) is 43.5 Å². The average molecular weight is 810 g/mol. The smallest absolute Gasteiger partial charge is 0.286 e. The molecule has 1 unspecified atom stereocenters. The number of anilines is 1. The predicted octanol–water partition coefficient (Wildman–Crippen LogP) is 7.43. The Morgan fingerprint density at radius 1 is 1.11 bits per heavy atom. The zero-order valence-electron chi connectivity index (χ0n) is 33.4. The van der Waals surface area contributed by atoms with E-state index in [9.17, 15) is 9.59 Å². The van der Waals surface area contributed by atoms with E-state index in [0.29, 0.717) is 43.3 Å². The number of ether oxygens (including phenoxy) is 4. The van der Waals surface area contributed by atoms with E-state index in [4.69, 9.17) is 30.5 Å². The fourth-order valence-corrected chi connectivity index (χ4v) is 10.6. The highest BCUT2D eigenvalue weighted by Crippen LogP contribution is 2.40. The molecule has 2 bridgehead atoms. The maximum absolute atomic E-state index is 15.1. The number of aromatic nitrogens is 2. The summed E-state index contributed by atoms with van der Waals surface area (Å²) in [5.41, 5.74) is 3.36. The Labute approximate surface area is 336 Å². The number of methoxy groups -OCH3 is 2. The molecule has 12 nitrogen and oxygen atoms in total. The van der Waals surface area contributed by atoms with Crippen LogP contribution in [0.5, 0.6) is 11.6 Å². The normalized spacial score (nSPS) is 28.8. The molecular formula is C42H56ClN5O7S. The minimum absolute atomic E-state index is 0.0537. The molecule has 1 aromatic heterocycles. The Bertz CT molecular complexity index is 2030. The van der Waals surface area contributed by atoms with Gasteiger partial charge in [-0.05, 0) is 104 Å². The van der Waals surface area contributed by atoms with Crippen LogP contribution in [0.1, 0.15) is 84.7 Å². The first-order valence-electron chi connectivity index (χ1n) is 19.6. The summed E-state index contributed by atoms with van der Waals surface area (Å²) in [6, 6.07) is 11.3. The van der Waals surface area contributed by atoms with Crippen LogP contribution < -0.4 is 19.1 Å².